The summed E-state index contributed by atoms with van der Waals surface area (Å²) in [5.74, 6) is -0.342. The molecule has 1 aliphatic rings. The third-order valence-corrected chi connectivity index (χ3v) is 4.67. The van der Waals surface area contributed by atoms with Gasteiger partial charge in [-0.2, -0.15) is 0 Å². The molecule has 3 rings (SSSR count). The van der Waals surface area contributed by atoms with Crippen molar-refractivity contribution in [3.63, 3.8) is 0 Å². The molecular weight excluding hydrogens is 356 g/mol. The molecule has 0 saturated carbocycles. The van der Waals surface area contributed by atoms with Crippen LogP contribution >= 0.6 is 0 Å². The highest BCUT2D eigenvalue weighted by atomic mass is 16.5. The van der Waals surface area contributed by atoms with E-state index in [2.05, 4.69) is 34.1 Å². The number of hydrogen-bond acceptors (Lipinski definition) is 6. The first-order valence-corrected chi connectivity index (χ1v) is 9.04. The fourth-order valence-electron chi connectivity index (χ4n) is 3.19. The van der Waals surface area contributed by atoms with Crippen LogP contribution in [-0.4, -0.2) is 48.7 Å². The maximum absolute atomic E-state index is 11.6. The van der Waals surface area contributed by atoms with Gasteiger partial charge in [-0.3, -0.25) is 14.9 Å². The average Bonchev–Trinajstić information content (AvgIpc) is 2.75. The Bertz CT molecular complexity index is 869. The number of amides is 1. The molecule has 7 heteroatoms. The first-order chi connectivity index (χ1) is 13.7. The highest BCUT2D eigenvalue weighted by Crippen LogP contribution is 2.30. The van der Waals surface area contributed by atoms with Gasteiger partial charge in [0.1, 0.15) is 0 Å². The number of piperazine rings is 1. The Balaban J connectivity index is 1.60. The molecule has 1 amide bonds. The number of carbonyl (C=O) groups is 1. The number of ether oxygens (including phenoxy) is 1. The summed E-state index contributed by atoms with van der Waals surface area (Å²) in [7, 11) is 0. The molecule has 2 aromatic carbocycles. The van der Waals surface area contributed by atoms with Gasteiger partial charge in [-0.15, -0.1) is 5.26 Å². The van der Waals surface area contributed by atoms with Crippen LogP contribution in [-0.2, 0) is 0 Å². The van der Waals surface area contributed by atoms with E-state index in [4.69, 9.17) is 15.2 Å². The minimum atomic E-state index is -0.649. The van der Waals surface area contributed by atoms with E-state index in [0.717, 1.165) is 38.4 Å². The fraction of sp³-hybridized carbons (Fsp3) is 0.238. The second-order valence-corrected chi connectivity index (χ2v) is 6.42. The van der Waals surface area contributed by atoms with Gasteiger partial charge in [0.2, 0.25) is 0 Å². The van der Waals surface area contributed by atoms with Crippen molar-refractivity contribution in [2.75, 3.05) is 37.6 Å². The number of hydrogen-bond donors (Lipinski definition) is 2. The first kappa shape index (κ1) is 19.4. The summed E-state index contributed by atoms with van der Waals surface area (Å²) in [6, 6.07) is 15.0. The average molecular weight is 378 g/mol. The molecule has 0 spiro atoms. The summed E-state index contributed by atoms with van der Waals surface area (Å²) >= 11 is 0. The van der Waals surface area contributed by atoms with Gasteiger partial charge in [-0.25, -0.2) is 5.48 Å². The molecular formula is C21H22N4O3. The number of benzene rings is 2. The van der Waals surface area contributed by atoms with Crippen LogP contribution in [0.25, 0.3) is 6.08 Å². The van der Waals surface area contributed by atoms with Crippen molar-refractivity contribution < 1.29 is 14.7 Å². The van der Waals surface area contributed by atoms with E-state index in [-0.39, 0.29) is 5.56 Å². The summed E-state index contributed by atoms with van der Waals surface area (Å²) in [5.41, 5.74) is 3.75. The van der Waals surface area contributed by atoms with Crippen LogP contribution < -0.4 is 15.1 Å². The highest BCUT2D eigenvalue weighted by molar-refractivity contribution is 5.94. The number of anilines is 1. The Labute approximate surface area is 164 Å². The smallest absolute Gasteiger partial charge is 0.292 e. The van der Waals surface area contributed by atoms with Gasteiger partial charge < -0.3 is 9.64 Å². The zero-order chi connectivity index (χ0) is 19.8. The normalized spacial score (nSPS) is 14.6. The van der Waals surface area contributed by atoms with Crippen molar-refractivity contribution in [1.82, 2.24) is 10.4 Å². The Morgan fingerprint density at radius 1 is 1.18 bits per heavy atom. The molecule has 144 valence electrons. The molecule has 1 saturated heterocycles. The lowest BCUT2D eigenvalue weighted by Gasteiger charge is -2.36. The van der Waals surface area contributed by atoms with Crippen LogP contribution in [0.15, 0.2) is 54.6 Å². The third-order valence-electron chi connectivity index (χ3n) is 4.67. The molecule has 0 bridgehead atoms. The summed E-state index contributed by atoms with van der Waals surface area (Å²) in [4.78, 5) is 16.1. The monoisotopic (exact) mass is 378 g/mol. The molecule has 0 radical (unpaired) electrons. The Hall–Kier alpha value is -3.34. The van der Waals surface area contributed by atoms with Crippen molar-refractivity contribution in [2.24, 2.45) is 0 Å². The maximum atomic E-state index is 11.6. The van der Waals surface area contributed by atoms with Gasteiger partial charge >= 0.3 is 0 Å². The fourth-order valence-corrected chi connectivity index (χ4v) is 3.19. The Morgan fingerprint density at radius 3 is 2.61 bits per heavy atom. The van der Waals surface area contributed by atoms with Crippen LogP contribution in [0.4, 0.5) is 5.69 Å². The molecule has 1 aliphatic heterocycles. The zero-order valence-electron chi connectivity index (χ0n) is 15.4. The van der Waals surface area contributed by atoms with E-state index in [1.807, 2.05) is 18.2 Å². The molecule has 0 aliphatic carbocycles. The van der Waals surface area contributed by atoms with Gasteiger partial charge in [0.25, 0.3) is 12.2 Å². The predicted octanol–water partition coefficient (Wildman–Crippen LogP) is 2.50. The van der Waals surface area contributed by atoms with Gasteiger partial charge in [0.15, 0.2) is 5.75 Å². The molecule has 2 aromatic rings. The Kier molecular flexibility index (Phi) is 6.63. The highest BCUT2D eigenvalue weighted by Gasteiger charge is 2.20. The summed E-state index contributed by atoms with van der Waals surface area (Å²) in [6.07, 6.45) is 5.94. The summed E-state index contributed by atoms with van der Waals surface area (Å²) < 4.78 is 5.04. The van der Waals surface area contributed by atoms with E-state index in [1.54, 1.807) is 23.9 Å². The molecule has 1 fully saturated rings. The molecule has 0 unspecified atom stereocenters. The van der Waals surface area contributed by atoms with Crippen LogP contribution in [0.1, 0.15) is 15.9 Å². The lowest BCUT2D eigenvalue weighted by atomic mass is 10.1. The van der Waals surface area contributed by atoms with Crippen LogP contribution in [0.5, 0.6) is 5.75 Å². The minimum absolute atomic E-state index is 0.223. The summed E-state index contributed by atoms with van der Waals surface area (Å²) in [5, 5.41) is 17.7. The quantitative estimate of drug-likeness (QED) is 0.456. The minimum Gasteiger partial charge on any atom is -0.386 e. The van der Waals surface area contributed by atoms with E-state index < -0.39 is 5.91 Å². The lowest BCUT2D eigenvalue weighted by Crippen LogP contribution is -2.46. The molecule has 7 nitrogen and oxygen atoms in total. The van der Waals surface area contributed by atoms with E-state index in [1.165, 1.54) is 11.6 Å². The number of nitrogens with one attached hydrogen (secondary N) is 1. The number of carbonyl (C=O) groups excluding carboxylic acids is 1. The predicted molar refractivity (Wildman–Crippen MR) is 106 cm³/mol. The van der Waals surface area contributed by atoms with Gasteiger partial charge in [0, 0.05) is 38.3 Å². The summed E-state index contributed by atoms with van der Waals surface area (Å²) in [6.45, 7) is 4.20. The van der Waals surface area contributed by atoms with Crippen molar-refractivity contribution in [3.8, 4) is 12.0 Å². The second kappa shape index (κ2) is 9.55. The number of rotatable bonds is 6. The van der Waals surface area contributed by atoms with Crippen molar-refractivity contribution in [1.29, 1.82) is 5.26 Å². The number of hydroxylamine groups is 1. The maximum Gasteiger partial charge on any atom is 0.292 e. The second-order valence-electron chi connectivity index (χ2n) is 6.42. The zero-order valence-corrected chi connectivity index (χ0v) is 15.4. The first-order valence-electron chi connectivity index (χ1n) is 9.04. The van der Waals surface area contributed by atoms with E-state index in [9.17, 15) is 4.79 Å². The van der Waals surface area contributed by atoms with Crippen LogP contribution in [0.2, 0.25) is 0 Å². The van der Waals surface area contributed by atoms with Gasteiger partial charge in [0.05, 0.1) is 5.69 Å². The molecule has 0 aromatic heterocycles. The van der Waals surface area contributed by atoms with E-state index >= 15 is 0 Å². The molecule has 0 atom stereocenters. The van der Waals surface area contributed by atoms with Crippen molar-refractivity contribution in [2.45, 2.75) is 0 Å². The Morgan fingerprint density at radius 2 is 1.93 bits per heavy atom. The molecule has 28 heavy (non-hydrogen) atoms. The van der Waals surface area contributed by atoms with Crippen LogP contribution in [0.3, 0.4) is 0 Å². The number of nitriles is 1. The standard InChI is InChI=1S/C21H22N4O3/c22-16-28-20-15-18(21(26)23-27)8-9-19(20)25-13-11-24(12-14-25)10-4-7-17-5-2-1-3-6-17/h1-9,15,27H,10-14H2,(H,23,26)/b7-4+. The topological polar surface area (TPSA) is 88.8 Å². The van der Waals surface area contributed by atoms with Crippen molar-refractivity contribution >= 4 is 17.7 Å². The molecule has 2 N–H and O–H groups in total. The van der Waals surface area contributed by atoms with Gasteiger partial charge in [-0.1, -0.05) is 42.5 Å². The van der Waals surface area contributed by atoms with Crippen molar-refractivity contribution in [3.05, 3.63) is 65.7 Å². The van der Waals surface area contributed by atoms with E-state index in [0.29, 0.717) is 5.75 Å². The molecule has 1 heterocycles. The number of nitrogens with zero attached hydrogens (tertiary/aromatic N) is 3. The lowest BCUT2D eigenvalue weighted by molar-refractivity contribution is 0.0706. The third kappa shape index (κ3) is 4.88. The van der Waals surface area contributed by atoms with Gasteiger partial charge in [-0.05, 0) is 23.8 Å². The largest absolute Gasteiger partial charge is 0.386 e. The SMILES string of the molecule is N#COc1cc(C(=O)NO)ccc1N1CCN(C/C=C/c2ccccc2)CC1. The van der Waals surface area contributed by atoms with Crippen LogP contribution in [0, 0.1) is 11.5 Å².